The Morgan fingerprint density at radius 2 is 1.71 bits per heavy atom. The predicted octanol–water partition coefficient (Wildman–Crippen LogP) is 3.99. The number of amides is 3. The summed E-state index contributed by atoms with van der Waals surface area (Å²) in [6, 6.07) is 20.0. The van der Waals surface area contributed by atoms with Crippen molar-refractivity contribution in [1.29, 1.82) is 0 Å². The molecular formula is C31H38N4O6S. The second-order valence-corrected chi connectivity index (χ2v) is 12.7. The minimum absolute atomic E-state index is 0.0274. The van der Waals surface area contributed by atoms with Gasteiger partial charge in [-0.2, -0.15) is 4.31 Å². The number of nitrogens with one attached hydrogen (secondary N) is 1. The third kappa shape index (κ3) is 6.75. The van der Waals surface area contributed by atoms with Crippen molar-refractivity contribution in [3.05, 3.63) is 78.4 Å². The number of urea groups is 1. The fourth-order valence-electron chi connectivity index (χ4n) is 4.81. The highest BCUT2D eigenvalue weighted by Crippen LogP contribution is 2.37. The number of benzene rings is 3. The largest absolute Gasteiger partial charge is 0.487 e. The molecule has 0 aromatic heterocycles. The van der Waals surface area contributed by atoms with E-state index in [-0.39, 0.29) is 48.2 Å². The fraction of sp³-hybridized carbons (Fsp3) is 0.355. The minimum atomic E-state index is -4.03. The van der Waals surface area contributed by atoms with E-state index in [2.05, 4.69) is 5.32 Å². The van der Waals surface area contributed by atoms with Crippen LogP contribution in [0.25, 0.3) is 11.1 Å². The smallest absolute Gasteiger partial charge is 0.321 e. The molecule has 0 spiro atoms. The van der Waals surface area contributed by atoms with Crippen LogP contribution in [0.4, 0.5) is 10.5 Å². The van der Waals surface area contributed by atoms with Gasteiger partial charge in [-0.15, -0.1) is 0 Å². The summed E-state index contributed by atoms with van der Waals surface area (Å²) < 4.78 is 35.4. The maximum atomic E-state index is 13.8. The maximum absolute atomic E-state index is 13.8. The van der Waals surface area contributed by atoms with Gasteiger partial charge in [-0.05, 0) is 54.4 Å². The zero-order chi connectivity index (χ0) is 30.6. The Morgan fingerprint density at radius 1 is 1.02 bits per heavy atom. The normalized spacial score (nSPS) is 18.9. The lowest BCUT2D eigenvalue weighted by molar-refractivity contribution is 0.0827. The number of fused-ring (bicyclic) bond motifs is 1. The summed E-state index contributed by atoms with van der Waals surface area (Å²) in [6.45, 7) is 3.45. The van der Waals surface area contributed by atoms with Crippen LogP contribution in [0, 0.1) is 5.92 Å². The van der Waals surface area contributed by atoms with E-state index in [1.807, 2.05) is 31.2 Å². The average molecular weight is 595 g/mol. The first-order chi connectivity index (χ1) is 19.9. The molecule has 3 aromatic carbocycles. The Morgan fingerprint density at radius 3 is 2.38 bits per heavy atom. The van der Waals surface area contributed by atoms with E-state index in [1.54, 1.807) is 70.5 Å². The summed E-state index contributed by atoms with van der Waals surface area (Å²) in [4.78, 5) is 28.5. The first-order valence-corrected chi connectivity index (χ1v) is 15.2. The third-order valence-electron chi connectivity index (χ3n) is 7.34. The Labute approximate surface area is 247 Å². The van der Waals surface area contributed by atoms with Crippen LogP contribution < -0.4 is 10.1 Å². The second kappa shape index (κ2) is 12.9. The Kier molecular flexibility index (Phi) is 9.55. The molecule has 11 heteroatoms. The van der Waals surface area contributed by atoms with Crippen molar-refractivity contribution in [2.24, 2.45) is 5.92 Å². The molecule has 42 heavy (non-hydrogen) atoms. The topological polar surface area (TPSA) is 119 Å². The number of hydrogen-bond donors (Lipinski definition) is 2. The molecule has 1 aliphatic rings. The van der Waals surface area contributed by atoms with Crippen molar-refractivity contribution in [2.45, 2.75) is 30.9 Å². The van der Waals surface area contributed by atoms with E-state index >= 15 is 0 Å². The first kappa shape index (κ1) is 31.0. The first-order valence-electron chi connectivity index (χ1n) is 13.7. The number of ether oxygens (including phenoxy) is 1. The summed E-state index contributed by atoms with van der Waals surface area (Å²) >= 11 is 0. The molecule has 0 fully saturated rings. The Hall–Kier alpha value is -3.93. The number of nitrogens with zero attached hydrogens (tertiary/aromatic N) is 3. The van der Waals surface area contributed by atoms with E-state index in [4.69, 9.17) is 4.74 Å². The molecule has 3 amide bonds. The van der Waals surface area contributed by atoms with E-state index < -0.39 is 22.2 Å². The number of aliphatic hydroxyl groups is 1. The minimum Gasteiger partial charge on any atom is -0.487 e. The van der Waals surface area contributed by atoms with Crippen LogP contribution in [0.15, 0.2) is 77.7 Å². The van der Waals surface area contributed by atoms with Crippen LogP contribution in [0.3, 0.4) is 0 Å². The lowest BCUT2D eigenvalue weighted by atomic mass is 10.0. The number of likely N-dealkylation sites (N-methyl/N-ethyl adjacent to an activating group) is 1. The highest BCUT2D eigenvalue weighted by molar-refractivity contribution is 7.89. The second-order valence-electron chi connectivity index (χ2n) is 10.9. The summed E-state index contributed by atoms with van der Waals surface area (Å²) in [5.74, 6) is -0.347. The molecule has 0 unspecified atom stereocenters. The van der Waals surface area contributed by atoms with Gasteiger partial charge in [0.15, 0.2) is 0 Å². The van der Waals surface area contributed by atoms with Crippen LogP contribution in [0.5, 0.6) is 5.75 Å². The predicted molar refractivity (Wildman–Crippen MR) is 162 cm³/mol. The molecular weight excluding hydrogens is 556 g/mol. The molecule has 224 valence electrons. The van der Waals surface area contributed by atoms with Crippen molar-refractivity contribution in [1.82, 2.24) is 14.1 Å². The summed E-state index contributed by atoms with van der Waals surface area (Å²) in [5, 5.41) is 12.8. The van der Waals surface area contributed by atoms with E-state index in [0.717, 1.165) is 5.56 Å². The van der Waals surface area contributed by atoms with Gasteiger partial charge in [0, 0.05) is 50.9 Å². The molecule has 3 aromatic rings. The quantitative estimate of drug-likeness (QED) is 0.427. The fourth-order valence-corrected chi connectivity index (χ4v) is 6.63. The molecule has 0 saturated carbocycles. The van der Waals surface area contributed by atoms with Gasteiger partial charge in [-0.1, -0.05) is 43.3 Å². The number of sulfonamides is 1. The number of anilines is 1. The van der Waals surface area contributed by atoms with Crippen molar-refractivity contribution in [2.75, 3.05) is 46.2 Å². The van der Waals surface area contributed by atoms with Gasteiger partial charge in [-0.3, -0.25) is 4.79 Å². The molecule has 0 bridgehead atoms. The standard InChI is InChI=1S/C31H38N4O6S/c1-21-18-35(22(2)20-36)42(39,40)29-15-14-24(23-10-9-11-25(16-23)30(37)33(3)4)17-27(29)41-28(21)19-34(5)31(38)32-26-12-7-6-8-13-26/h6-17,21-22,28,36H,18-20H2,1-5H3,(H,32,38)/t21-,22+,28-/m0/s1. The SMILES string of the molecule is C[C@H](CO)N1C[C@H](C)[C@H](CN(C)C(=O)Nc2ccccc2)Oc2cc(-c3cccc(C(=O)N(C)C)c3)ccc2S1(=O)=O. The molecule has 0 aliphatic carbocycles. The van der Waals surface area contributed by atoms with Crippen LogP contribution in [0.2, 0.25) is 0 Å². The Balaban J connectivity index is 1.72. The van der Waals surface area contributed by atoms with Crippen molar-refractivity contribution >= 4 is 27.6 Å². The molecule has 0 radical (unpaired) electrons. The third-order valence-corrected chi connectivity index (χ3v) is 9.36. The molecule has 4 rings (SSSR count). The van der Waals surface area contributed by atoms with Crippen LogP contribution in [-0.4, -0.2) is 92.6 Å². The molecule has 3 atom stereocenters. The van der Waals surface area contributed by atoms with Crippen molar-refractivity contribution in [3.8, 4) is 16.9 Å². The number of carbonyl (C=O) groups is 2. The van der Waals surface area contributed by atoms with Gasteiger partial charge < -0.3 is 25.0 Å². The molecule has 1 heterocycles. The van der Waals surface area contributed by atoms with Gasteiger partial charge >= 0.3 is 6.03 Å². The lowest BCUT2D eigenvalue weighted by Crippen LogP contribution is -2.50. The van der Waals surface area contributed by atoms with Crippen LogP contribution in [0.1, 0.15) is 24.2 Å². The van der Waals surface area contributed by atoms with E-state index in [1.165, 1.54) is 20.2 Å². The number of aliphatic hydroxyl groups excluding tert-OH is 1. The number of rotatable bonds is 7. The van der Waals surface area contributed by atoms with Gasteiger partial charge in [0.1, 0.15) is 16.7 Å². The summed E-state index contributed by atoms with van der Waals surface area (Å²) in [6.07, 6.45) is -0.573. The summed E-state index contributed by atoms with van der Waals surface area (Å²) in [7, 11) is 0.977. The van der Waals surface area contributed by atoms with E-state index in [9.17, 15) is 23.1 Å². The summed E-state index contributed by atoms with van der Waals surface area (Å²) in [5.41, 5.74) is 2.54. The van der Waals surface area contributed by atoms with Crippen LogP contribution >= 0.6 is 0 Å². The van der Waals surface area contributed by atoms with Gasteiger partial charge in [-0.25, -0.2) is 13.2 Å². The highest BCUT2D eigenvalue weighted by atomic mass is 32.2. The van der Waals surface area contributed by atoms with E-state index in [0.29, 0.717) is 16.8 Å². The zero-order valence-electron chi connectivity index (χ0n) is 24.5. The number of hydrogen-bond acceptors (Lipinski definition) is 6. The van der Waals surface area contributed by atoms with Gasteiger partial charge in [0.2, 0.25) is 10.0 Å². The molecule has 10 nitrogen and oxygen atoms in total. The zero-order valence-corrected chi connectivity index (χ0v) is 25.3. The highest BCUT2D eigenvalue weighted by Gasteiger charge is 2.38. The van der Waals surface area contributed by atoms with Gasteiger partial charge in [0.25, 0.3) is 5.91 Å². The average Bonchev–Trinajstić information content (AvgIpc) is 2.98. The number of para-hydroxylation sites is 1. The Bertz CT molecular complexity index is 1530. The molecule has 2 N–H and O–H groups in total. The maximum Gasteiger partial charge on any atom is 0.321 e. The van der Waals surface area contributed by atoms with Crippen LogP contribution in [-0.2, 0) is 10.0 Å². The molecule has 1 aliphatic heterocycles. The lowest BCUT2D eigenvalue weighted by Gasteiger charge is -2.37. The molecule has 0 saturated heterocycles. The van der Waals surface area contributed by atoms with Gasteiger partial charge in [0.05, 0.1) is 13.2 Å². The number of carbonyl (C=O) groups excluding carboxylic acids is 2. The monoisotopic (exact) mass is 594 g/mol. The van der Waals surface area contributed by atoms with Crippen molar-refractivity contribution < 1.29 is 27.9 Å². The van der Waals surface area contributed by atoms with Crippen molar-refractivity contribution in [3.63, 3.8) is 0 Å².